The Balaban J connectivity index is 1.19. The number of nitrogens with zero attached hydrogens (tertiary/aromatic N) is 2. The van der Waals surface area contributed by atoms with Gasteiger partial charge in [-0.25, -0.2) is 0 Å². The molecule has 252 valence electrons. The van der Waals surface area contributed by atoms with E-state index in [1.165, 1.54) is 33.3 Å². The summed E-state index contributed by atoms with van der Waals surface area (Å²) < 4.78 is 23.8. The van der Waals surface area contributed by atoms with Crippen LogP contribution >= 0.6 is 34.4 Å². The minimum absolute atomic E-state index is 0.600. The van der Waals surface area contributed by atoms with Gasteiger partial charge in [-0.05, 0) is 93.3 Å². The molecule has 0 fully saturated rings. The SMILES string of the molecule is c1ccc(Oc2c(Oc3ccccc3)c(-c3ccc(-c4ccc5ccccc5c4)s3)c3nsnc3c2-c2ccc(-c3ccc4ccccc4c3)s2)cc1. The van der Waals surface area contributed by atoms with Crippen LogP contribution in [0.1, 0.15) is 0 Å². The van der Waals surface area contributed by atoms with Crippen molar-refractivity contribution in [3.63, 3.8) is 0 Å². The number of fused-ring (bicyclic) bond motifs is 3. The highest BCUT2D eigenvalue weighted by molar-refractivity contribution is 7.19. The average molecular weight is 737 g/mol. The fourth-order valence-electron chi connectivity index (χ4n) is 6.76. The normalized spacial score (nSPS) is 11.4. The summed E-state index contributed by atoms with van der Waals surface area (Å²) in [4.78, 5) is 4.34. The molecule has 4 nitrogen and oxygen atoms in total. The maximum atomic E-state index is 6.94. The summed E-state index contributed by atoms with van der Waals surface area (Å²) in [6, 6.07) is 58.7. The fraction of sp³-hybridized carbons (Fsp3) is 0. The number of aromatic nitrogens is 2. The van der Waals surface area contributed by atoms with E-state index >= 15 is 0 Å². The second-order valence-corrected chi connectivity index (χ2v) is 15.3. The van der Waals surface area contributed by atoms with Crippen molar-refractivity contribution < 1.29 is 9.47 Å². The predicted octanol–water partition coefficient (Wildman–Crippen LogP) is 14.4. The molecule has 0 amide bonds. The molecule has 0 atom stereocenters. The van der Waals surface area contributed by atoms with Crippen molar-refractivity contribution in [2.24, 2.45) is 0 Å². The predicted molar refractivity (Wildman–Crippen MR) is 223 cm³/mol. The quantitative estimate of drug-likeness (QED) is 0.156. The minimum Gasteiger partial charge on any atom is -0.453 e. The Kier molecular flexibility index (Phi) is 8.02. The Bertz CT molecular complexity index is 2710. The van der Waals surface area contributed by atoms with Crippen molar-refractivity contribution in [3.05, 3.63) is 170 Å². The zero-order valence-electron chi connectivity index (χ0n) is 28.1. The van der Waals surface area contributed by atoms with Crippen molar-refractivity contribution in [3.8, 4) is 64.8 Å². The van der Waals surface area contributed by atoms with Gasteiger partial charge in [0.05, 0.1) is 22.9 Å². The van der Waals surface area contributed by atoms with Gasteiger partial charge in [-0.15, -0.1) is 22.7 Å². The zero-order valence-corrected chi connectivity index (χ0v) is 30.6. The Labute approximate surface area is 318 Å². The van der Waals surface area contributed by atoms with Crippen LogP contribution in [-0.4, -0.2) is 8.75 Å². The Hall–Kier alpha value is -6.12. The highest BCUT2D eigenvalue weighted by Gasteiger charge is 2.30. The Morgan fingerprint density at radius 2 is 0.755 bits per heavy atom. The number of para-hydroxylation sites is 2. The van der Waals surface area contributed by atoms with Crippen LogP contribution in [0.15, 0.2) is 170 Å². The van der Waals surface area contributed by atoms with Crippen molar-refractivity contribution in [2.75, 3.05) is 0 Å². The van der Waals surface area contributed by atoms with Crippen LogP contribution < -0.4 is 9.47 Å². The van der Waals surface area contributed by atoms with E-state index in [0.29, 0.717) is 23.0 Å². The van der Waals surface area contributed by atoms with Gasteiger partial charge in [0.25, 0.3) is 0 Å². The monoisotopic (exact) mass is 736 g/mol. The van der Waals surface area contributed by atoms with Gasteiger partial charge in [0.2, 0.25) is 0 Å². The number of ether oxygens (including phenoxy) is 2. The molecule has 7 heteroatoms. The summed E-state index contributed by atoms with van der Waals surface area (Å²) >= 11 is 4.63. The molecule has 0 spiro atoms. The molecule has 0 aliphatic rings. The van der Waals surface area contributed by atoms with Crippen LogP contribution in [0.2, 0.25) is 0 Å². The molecule has 0 aliphatic carbocycles. The molecule has 7 aromatic carbocycles. The molecule has 0 radical (unpaired) electrons. The van der Waals surface area contributed by atoms with Gasteiger partial charge in [0.15, 0.2) is 11.5 Å². The van der Waals surface area contributed by atoms with E-state index in [1.54, 1.807) is 22.7 Å². The fourth-order valence-corrected chi connectivity index (χ4v) is 9.41. The lowest BCUT2D eigenvalue weighted by Crippen LogP contribution is -1.97. The van der Waals surface area contributed by atoms with Crippen molar-refractivity contribution in [2.45, 2.75) is 0 Å². The first kappa shape index (κ1) is 31.6. The molecule has 0 aliphatic heterocycles. The highest BCUT2D eigenvalue weighted by atomic mass is 32.1. The lowest BCUT2D eigenvalue weighted by atomic mass is 10.0. The summed E-state index contributed by atoms with van der Waals surface area (Å²) in [5.74, 6) is 2.61. The van der Waals surface area contributed by atoms with Crippen LogP contribution in [0.4, 0.5) is 0 Å². The minimum atomic E-state index is 0.600. The lowest BCUT2D eigenvalue weighted by molar-refractivity contribution is 0.422. The van der Waals surface area contributed by atoms with Crippen molar-refractivity contribution in [1.82, 2.24) is 8.75 Å². The Morgan fingerprint density at radius 1 is 0.358 bits per heavy atom. The molecular weight excluding hydrogens is 709 g/mol. The maximum Gasteiger partial charge on any atom is 0.181 e. The van der Waals surface area contributed by atoms with Crippen molar-refractivity contribution >= 4 is 67.0 Å². The third-order valence-electron chi connectivity index (χ3n) is 9.32. The van der Waals surface area contributed by atoms with Crippen molar-refractivity contribution in [1.29, 1.82) is 0 Å². The second-order valence-electron chi connectivity index (χ2n) is 12.7. The van der Waals surface area contributed by atoms with E-state index < -0.39 is 0 Å². The summed E-state index contributed by atoms with van der Waals surface area (Å²) in [5, 5.41) is 4.86. The molecule has 10 rings (SSSR count). The standard InChI is InChI=1S/C46H28N2O2S3/c1-3-15-35(16-4-1)49-45-41(39-25-23-37(51-39)33-21-19-29-11-7-9-13-31(29)27-33)43-44(48-53-47-43)42(46(45)50-36-17-5-2-6-18-36)40-26-24-38(52-40)34-22-20-30-12-8-10-14-32(30)28-34/h1-28H. The number of thiophene rings is 2. The van der Waals surface area contributed by atoms with E-state index in [9.17, 15) is 0 Å². The van der Waals surface area contributed by atoms with Gasteiger partial charge in [-0.1, -0.05) is 109 Å². The first-order valence-electron chi connectivity index (χ1n) is 17.2. The molecule has 0 unspecified atom stereocenters. The topological polar surface area (TPSA) is 44.2 Å². The molecule has 3 heterocycles. The number of hydrogen-bond acceptors (Lipinski definition) is 7. The molecule has 0 saturated carbocycles. The molecule has 53 heavy (non-hydrogen) atoms. The molecule has 3 aromatic heterocycles. The van der Waals surface area contributed by atoms with E-state index in [0.717, 1.165) is 52.8 Å². The summed E-state index contributed by atoms with van der Waals surface area (Å²) in [5.41, 5.74) is 5.60. The van der Waals surface area contributed by atoms with Crippen LogP contribution in [-0.2, 0) is 0 Å². The Morgan fingerprint density at radius 3 is 1.21 bits per heavy atom. The van der Waals surface area contributed by atoms with E-state index in [-0.39, 0.29) is 0 Å². The second kappa shape index (κ2) is 13.5. The van der Waals surface area contributed by atoms with Gasteiger partial charge in [-0.2, -0.15) is 8.75 Å². The van der Waals surface area contributed by atoms with E-state index in [4.69, 9.17) is 18.2 Å². The highest BCUT2D eigenvalue weighted by Crippen LogP contribution is 2.55. The van der Waals surface area contributed by atoms with Gasteiger partial charge >= 0.3 is 0 Å². The van der Waals surface area contributed by atoms with E-state index in [2.05, 4.69) is 109 Å². The third kappa shape index (κ3) is 5.95. The van der Waals surface area contributed by atoms with Gasteiger partial charge < -0.3 is 9.47 Å². The molecule has 10 aromatic rings. The van der Waals surface area contributed by atoms with Crippen LogP contribution in [0, 0.1) is 0 Å². The smallest absolute Gasteiger partial charge is 0.181 e. The summed E-state index contributed by atoms with van der Waals surface area (Å²) in [6.45, 7) is 0. The summed E-state index contributed by atoms with van der Waals surface area (Å²) in [7, 11) is 0. The first-order valence-corrected chi connectivity index (χ1v) is 19.6. The largest absolute Gasteiger partial charge is 0.453 e. The molecular formula is C46H28N2O2S3. The van der Waals surface area contributed by atoms with Crippen LogP contribution in [0.3, 0.4) is 0 Å². The number of rotatable bonds is 8. The van der Waals surface area contributed by atoms with E-state index in [1.807, 2.05) is 60.7 Å². The van der Waals surface area contributed by atoms with Gasteiger partial charge in [0.1, 0.15) is 22.5 Å². The number of benzene rings is 7. The van der Waals surface area contributed by atoms with Gasteiger partial charge in [0, 0.05) is 19.5 Å². The first-order chi connectivity index (χ1) is 26.2. The third-order valence-corrected chi connectivity index (χ3v) is 12.2. The molecule has 0 bridgehead atoms. The average Bonchev–Trinajstić information content (AvgIpc) is 4.01. The summed E-state index contributed by atoms with van der Waals surface area (Å²) in [6.07, 6.45) is 0. The zero-order chi connectivity index (χ0) is 35.1. The number of hydrogen-bond donors (Lipinski definition) is 0. The molecule has 0 saturated heterocycles. The van der Waals surface area contributed by atoms with Crippen LogP contribution in [0.5, 0.6) is 23.0 Å². The maximum absolute atomic E-state index is 6.94. The lowest BCUT2D eigenvalue weighted by Gasteiger charge is -2.19. The van der Waals surface area contributed by atoms with Crippen LogP contribution in [0.25, 0.3) is 74.3 Å². The molecule has 0 N–H and O–H groups in total. The van der Waals surface area contributed by atoms with Gasteiger partial charge in [-0.3, -0.25) is 0 Å².